The molecule has 1 amide bonds. The lowest BCUT2D eigenvalue weighted by molar-refractivity contribution is -0.350. The average Bonchev–Trinajstić information content (AvgIpc) is 2.72. The van der Waals surface area contributed by atoms with Gasteiger partial charge >= 0.3 is 18.0 Å². The molecule has 0 atom stereocenters. The van der Waals surface area contributed by atoms with Crippen molar-refractivity contribution >= 4 is 5.91 Å². The smallest absolute Gasteiger partial charge is 0.343 e. The summed E-state index contributed by atoms with van der Waals surface area (Å²) in [5.74, 6) is -0.973. The zero-order valence-electron chi connectivity index (χ0n) is 10.0. The molecule has 1 rings (SSSR count). The van der Waals surface area contributed by atoms with E-state index in [0.29, 0.717) is 0 Å². The summed E-state index contributed by atoms with van der Waals surface area (Å²) in [6.07, 6.45) is -12.5. The summed E-state index contributed by atoms with van der Waals surface area (Å²) < 4.78 is 88.1. The summed E-state index contributed by atoms with van der Waals surface area (Å²) in [4.78, 5) is 12.2. The maximum absolute atomic E-state index is 13.6. The van der Waals surface area contributed by atoms with Gasteiger partial charge in [-0.15, -0.1) is 0 Å². The Kier molecular flexibility index (Phi) is 3.76. The Morgan fingerprint density at radius 2 is 1.55 bits per heavy atom. The van der Waals surface area contributed by atoms with Crippen LogP contribution in [0.3, 0.4) is 0 Å². The Hall–Kier alpha value is -1.81. The first-order chi connectivity index (χ1) is 8.82. The Balaban J connectivity index is 3.36. The van der Waals surface area contributed by atoms with Gasteiger partial charge in [-0.3, -0.25) is 9.89 Å². The van der Waals surface area contributed by atoms with Gasteiger partial charge in [0.25, 0.3) is 5.91 Å². The molecule has 20 heavy (non-hydrogen) atoms. The van der Waals surface area contributed by atoms with E-state index < -0.39 is 35.3 Å². The summed E-state index contributed by atoms with van der Waals surface area (Å²) in [7, 11) is 2.40. The predicted octanol–water partition coefficient (Wildman–Crippen LogP) is 2.40. The summed E-state index contributed by atoms with van der Waals surface area (Å²) >= 11 is 0. The molecule has 0 aliphatic heterocycles. The van der Waals surface area contributed by atoms with Gasteiger partial charge in [-0.1, -0.05) is 0 Å². The molecule has 1 aromatic heterocycles. The lowest BCUT2D eigenvalue weighted by Gasteiger charge is -2.28. The maximum Gasteiger partial charge on any atom is 0.437 e. The minimum absolute atomic E-state index is 0.0866. The Labute approximate surface area is 107 Å². The van der Waals surface area contributed by atoms with Gasteiger partial charge in [-0.05, 0) is 6.07 Å². The van der Waals surface area contributed by atoms with Crippen LogP contribution in [0.1, 0.15) is 16.2 Å². The number of rotatable bonds is 2. The van der Waals surface area contributed by atoms with Crippen LogP contribution in [-0.4, -0.2) is 47.5 Å². The van der Waals surface area contributed by atoms with Crippen molar-refractivity contribution in [2.75, 3.05) is 14.1 Å². The van der Waals surface area contributed by atoms with Crippen LogP contribution in [0, 0.1) is 0 Å². The molecular weight excluding hydrogens is 299 g/mol. The van der Waals surface area contributed by atoms with Crippen molar-refractivity contribution in [2.24, 2.45) is 0 Å². The normalized spacial score (nSPS) is 13.4. The van der Waals surface area contributed by atoms with Crippen molar-refractivity contribution in [1.29, 1.82) is 0 Å². The number of H-pyrrole nitrogens is 1. The molecule has 11 heteroatoms. The molecule has 4 nitrogen and oxygen atoms in total. The Bertz CT molecular complexity index is 488. The minimum atomic E-state index is -6.25. The lowest BCUT2D eigenvalue weighted by Crippen LogP contribution is -2.50. The first-order valence-corrected chi connectivity index (χ1v) is 4.92. The predicted molar refractivity (Wildman–Crippen MR) is 51.5 cm³/mol. The fourth-order valence-electron chi connectivity index (χ4n) is 1.30. The van der Waals surface area contributed by atoms with E-state index >= 15 is 0 Å². The number of nitrogens with zero attached hydrogens (tertiary/aromatic N) is 2. The number of nitrogens with one attached hydrogen (secondary N) is 1. The van der Waals surface area contributed by atoms with Gasteiger partial charge in [0.15, 0.2) is 5.69 Å². The lowest BCUT2D eigenvalue weighted by atomic mass is 10.00. The van der Waals surface area contributed by atoms with E-state index in [2.05, 4.69) is 5.10 Å². The van der Waals surface area contributed by atoms with E-state index in [-0.39, 0.29) is 6.07 Å². The third kappa shape index (κ3) is 2.43. The van der Waals surface area contributed by atoms with Crippen LogP contribution in [0.5, 0.6) is 0 Å². The van der Waals surface area contributed by atoms with Crippen molar-refractivity contribution in [3.63, 3.8) is 0 Å². The van der Waals surface area contributed by atoms with E-state index in [4.69, 9.17) is 0 Å². The SMILES string of the molecule is CN(C)C(=O)c1cc(C(F)(C(F)(F)F)C(F)(F)F)[nH]n1. The van der Waals surface area contributed by atoms with Crippen LogP contribution < -0.4 is 0 Å². The Morgan fingerprint density at radius 3 is 1.90 bits per heavy atom. The number of aromatic amines is 1. The quantitative estimate of drug-likeness (QED) is 0.853. The topological polar surface area (TPSA) is 49.0 Å². The molecule has 1 aromatic rings. The van der Waals surface area contributed by atoms with E-state index in [1.165, 1.54) is 19.2 Å². The number of amides is 1. The molecule has 114 valence electrons. The van der Waals surface area contributed by atoms with Crippen LogP contribution in [0.25, 0.3) is 0 Å². The first-order valence-electron chi connectivity index (χ1n) is 4.92. The van der Waals surface area contributed by atoms with Crippen molar-refractivity contribution in [3.8, 4) is 0 Å². The van der Waals surface area contributed by atoms with Crippen molar-refractivity contribution in [3.05, 3.63) is 17.5 Å². The van der Waals surface area contributed by atoms with Crippen LogP contribution >= 0.6 is 0 Å². The highest BCUT2D eigenvalue weighted by atomic mass is 19.4. The number of hydrogen-bond donors (Lipinski definition) is 1. The standard InChI is InChI=1S/C9H8F7N3O/c1-19(2)6(20)4-3-5(18-17-4)7(10,8(11,12)13)9(14,15)16/h3H,1-2H3,(H,17,18). The van der Waals surface area contributed by atoms with Gasteiger partial charge in [0.2, 0.25) is 0 Å². The number of hydrogen-bond acceptors (Lipinski definition) is 2. The highest BCUT2D eigenvalue weighted by Gasteiger charge is 2.74. The number of alkyl halides is 7. The third-order valence-electron chi connectivity index (χ3n) is 2.36. The second-order valence-electron chi connectivity index (χ2n) is 4.02. The fraction of sp³-hybridized carbons (Fsp3) is 0.556. The molecule has 0 fully saturated rings. The molecule has 0 spiro atoms. The number of carbonyl (C=O) groups is 1. The summed E-state index contributed by atoms with van der Waals surface area (Å²) in [6, 6.07) is 0.0866. The molecule has 0 aliphatic rings. The van der Waals surface area contributed by atoms with Gasteiger partial charge < -0.3 is 4.90 Å². The Morgan fingerprint density at radius 1 is 1.10 bits per heavy atom. The molecule has 0 saturated carbocycles. The molecule has 0 radical (unpaired) electrons. The first kappa shape index (κ1) is 16.2. The van der Waals surface area contributed by atoms with Crippen LogP contribution in [0.15, 0.2) is 6.07 Å². The molecule has 0 unspecified atom stereocenters. The molecule has 0 aromatic carbocycles. The van der Waals surface area contributed by atoms with Gasteiger partial charge in [0.1, 0.15) is 0 Å². The molecule has 0 bridgehead atoms. The molecule has 1 N–H and O–H groups in total. The zero-order chi connectivity index (χ0) is 15.9. The highest BCUT2D eigenvalue weighted by Crippen LogP contribution is 2.52. The van der Waals surface area contributed by atoms with E-state index in [9.17, 15) is 35.5 Å². The second-order valence-corrected chi connectivity index (χ2v) is 4.02. The van der Waals surface area contributed by atoms with E-state index in [0.717, 1.165) is 4.90 Å². The van der Waals surface area contributed by atoms with Gasteiger partial charge in [-0.2, -0.15) is 31.4 Å². The van der Waals surface area contributed by atoms with Gasteiger partial charge in [0, 0.05) is 14.1 Å². The fourth-order valence-corrected chi connectivity index (χ4v) is 1.30. The van der Waals surface area contributed by atoms with Gasteiger partial charge in [-0.25, -0.2) is 4.39 Å². The number of aromatic nitrogens is 2. The van der Waals surface area contributed by atoms with Crippen LogP contribution in [0.2, 0.25) is 0 Å². The zero-order valence-corrected chi connectivity index (χ0v) is 10.0. The van der Waals surface area contributed by atoms with Crippen molar-refractivity contribution < 1.29 is 35.5 Å². The van der Waals surface area contributed by atoms with Crippen molar-refractivity contribution in [1.82, 2.24) is 15.1 Å². The molecular formula is C9H8F7N3O. The largest absolute Gasteiger partial charge is 0.437 e. The monoisotopic (exact) mass is 307 g/mol. The number of carbonyl (C=O) groups excluding carboxylic acids is 1. The third-order valence-corrected chi connectivity index (χ3v) is 2.36. The van der Waals surface area contributed by atoms with E-state index in [1.807, 2.05) is 0 Å². The highest BCUT2D eigenvalue weighted by molar-refractivity contribution is 5.92. The van der Waals surface area contributed by atoms with E-state index in [1.54, 1.807) is 0 Å². The molecule has 0 saturated heterocycles. The average molecular weight is 307 g/mol. The minimum Gasteiger partial charge on any atom is -0.343 e. The molecule has 0 aliphatic carbocycles. The van der Waals surface area contributed by atoms with Crippen molar-refractivity contribution in [2.45, 2.75) is 18.0 Å². The summed E-state index contributed by atoms with van der Waals surface area (Å²) in [6.45, 7) is 0. The maximum atomic E-state index is 13.6. The van der Waals surface area contributed by atoms with Gasteiger partial charge in [0.05, 0.1) is 5.69 Å². The number of halogens is 7. The molecule has 1 heterocycles. The van der Waals surface area contributed by atoms with Crippen LogP contribution in [-0.2, 0) is 5.67 Å². The second kappa shape index (κ2) is 4.63. The summed E-state index contributed by atoms with van der Waals surface area (Å²) in [5.41, 5.74) is -8.29. The van der Waals surface area contributed by atoms with Crippen LogP contribution in [0.4, 0.5) is 30.7 Å². The summed E-state index contributed by atoms with van der Waals surface area (Å²) in [5, 5.41) is 4.26.